The predicted molar refractivity (Wildman–Crippen MR) is 107 cm³/mol. The number of aryl methyl sites for hydroxylation is 1. The molecule has 26 heavy (non-hydrogen) atoms. The molecule has 2 saturated heterocycles. The third-order valence-electron chi connectivity index (χ3n) is 5.87. The van der Waals surface area contributed by atoms with Crippen LogP contribution in [-0.2, 0) is 7.05 Å². The number of fused-ring (bicyclic) bond motifs is 2. The second-order valence-corrected chi connectivity index (χ2v) is 8.58. The average molecular weight is 385 g/mol. The third-order valence-corrected chi connectivity index (χ3v) is 7.06. The minimum absolute atomic E-state index is 0.582. The zero-order valence-corrected chi connectivity index (χ0v) is 16.2. The molecule has 2 unspecified atom stereocenters. The molecule has 134 valence electrons. The van der Waals surface area contributed by atoms with Crippen molar-refractivity contribution in [3.8, 4) is 11.3 Å². The fourth-order valence-electron chi connectivity index (χ4n) is 4.69. The Balaban J connectivity index is 1.41. The lowest BCUT2D eigenvalue weighted by Crippen LogP contribution is -2.42. The van der Waals surface area contributed by atoms with Gasteiger partial charge in [-0.05, 0) is 37.8 Å². The number of halogens is 1. The highest BCUT2D eigenvalue weighted by Crippen LogP contribution is 2.46. The molecule has 2 atom stereocenters. The van der Waals surface area contributed by atoms with E-state index >= 15 is 0 Å². The summed E-state index contributed by atoms with van der Waals surface area (Å²) in [6, 6.07) is 11.3. The summed E-state index contributed by atoms with van der Waals surface area (Å²) in [7, 11) is 2.06. The van der Waals surface area contributed by atoms with Gasteiger partial charge in [-0.25, -0.2) is 4.98 Å². The molecule has 0 saturated carbocycles. The van der Waals surface area contributed by atoms with Crippen LogP contribution in [0.15, 0.2) is 41.9 Å². The summed E-state index contributed by atoms with van der Waals surface area (Å²) in [5.41, 5.74) is 3.38. The van der Waals surface area contributed by atoms with Crippen molar-refractivity contribution >= 4 is 28.1 Å². The van der Waals surface area contributed by atoms with E-state index < -0.39 is 0 Å². The van der Waals surface area contributed by atoms with Crippen LogP contribution in [0.3, 0.4) is 0 Å². The fraction of sp³-hybridized carbons (Fsp3) is 0.400. The van der Waals surface area contributed by atoms with Crippen LogP contribution < -0.4 is 4.90 Å². The summed E-state index contributed by atoms with van der Waals surface area (Å²) in [5.74, 6) is 0.610. The van der Waals surface area contributed by atoms with Crippen molar-refractivity contribution in [2.24, 2.45) is 7.05 Å². The van der Waals surface area contributed by atoms with Crippen molar-refractivity contribution in [1.82, 2.24) is 14.8 Å². The second-order valence-electron chi connectivity index (χ2n) is 7.34. The maximum Gasteiger partial charge on any atom is 0.186 e. The molecule has 2 fully saturated rings. The lowest BCUT2D eigenvalue weighted by molar-refractivity contribution is 0.400. The van der Waals surface area contributed by atoms with Crippen LogP contribution in [0.1, 0.15) is 37.3 Å². The van der Waals surface area contributed by atoms with E-state index in [2.05, 4.69) is 28.5 Å². The van der Waals surface area contributed by atoms with Gasteiger partial charge < -0.3 is 4.90 Å². The van der Waals surface area contributed by atoms with Gasteiger partial charge in [0.2, 0.25) is 0 Å². The summed E-state index contributed by atoms with van der Waals surface area (Å²) < 4.78 is 2.04. The Bertz CT molecular complexity index is 919. The first-order chi connectivity index (χ1) is 12.7. The van der Waals surface area contributed by atoms with Crippen molar-refractivity contribution in [2.75, 3.05) is 4.90 Å². The molecule has 3 aromatic rings. The molecular weight excluding hydrogens is 364 g/mol. The van der Waals surface area contributed by atoms with Crippen LogP contribution in [0, 0.1) is 0 Å². The zero-order chi connectivity index (χ0) is 17.7. The van der Waals surface area contributed by atoms with E-state index in [1.54, 1.807) is 11.3 Å². The van der Waals surface area contributed by atoms with Crippen molar-refractivity contribution < 1.29 is 0 Å². The van der Waals surface area contributed by atoms with Crippen molar-refractivity contribution in [2.45, 2.75) is 43.7 Å². The van der Waals surface area contributed by atoms with Crippen molar-refractivity contribution in [1.29, 1.82) is 0 Å². The molecule has 5 rings (SSSR count). The molecule has 2 aliphatic rings. The van der Waals surface area contributed by atoms with E-state index in [0.717, 1.165) is 21.4 Å². The first-order valence-corrected chi connectivity index (χ1v) is 10.4. The molecular formula is C20H21ClN4S. The second kappa shape index (κ2) is 6.39. The minimum atomic E-state index is 0.582. The number of nitrogens with zero attached hydrogens (tertiary/aromatic N) is 4. The maximum atomic E-state index is 6.36. The number of anilines is 1. The Labute approximate surface area is 162 Å². The van der Waals surface area contributed by atoms with Gasteiger partial charge >= 0.3 is 0 Å². The Kier molecular flexibility index (Phi) is 4.02. The highest BCUT2D eigenvalue weighted by molar-refractivity contribution is 7.14. The molecule has 4 heterocycles. The highest BCUT2D eigenvalue weighted by atomic mass is 35.5. The summed E-state index contributed by atoms with van der Waals surface area (Å²) in [5, 5.41) is 8.42. The Morgan fingerprint density at radius 3 is 2.58 bits per heavy atom. The number of hydrogen-bond donors (Lipinski definition) is 0. The summed E-state index contributed by atoms with van der Waals surface area (Å²) in [6.07, 6.45) is 6.83. The molecule has 2 bridgehead atoms. The number of rotatable bonds is 3. The SMILES string of the molecule is Cn1nccc1C1CC2CCC(C1)N2c1nc(-c2ccccc2Cl)cs1. The van der Waals surface area contributed by atoms with E-state index in [1.807, 2.05) is 35.1 Å². The molecule has 4 nitrogen and oxygen atoms in total. The Morgan fingerprint density at radius 2 is 1.88 bits per heavy atom. The molecule has 6 heteroatoms. The van der Waals surface area contributed by atoms with Gasteiger partial charge in [0, 0.05) is 52.9 Å². The van der Waals surface area contributed by atoms with Gasteiger partial charge in [0.1, 0.15) is 0 Å². The van der Waals surface area contributed by atoms with E-state index in [-0.39, 0.29) is 0 Å². The van der Waals surface area contributed by atoms with Gasteiger partial charge in [0.05, 0.1) is 5.69 Å². The third kappa shape index (κ3) is 2.65. The molecule has 0 radical (unpaired) electrons. The predicted octanol–water partition coefficient (Wildman–Crippen LogP) is 5.11. The van der Waals surface area contributed by atoms with E-state index in [9.17, 15) is 0 Å². The first-order valence-electron chi connectivity index (χ1n) is 9.17. The average Bonchev–Trinajstić information content (AvgIpc) is 3.33. The molecule has 2 aliphatic heterocycles. The summed E-state index contributed by atoms with van der Waals surface area (Å²) in [4.78, 5) is 7.53. The van der Waals surface area contributed by atoms with Gasteiger partial charge in [-0.2, -0.15) is 5.10 Å². The number of piperidine rings is 1. The van der Waals surface area contributed by atoms with Crippen molar-refractivity contribution in [3.63, 3.8) is 0 Å². The highest BCUT2D eigenvalue weighted by Gasteiger charge is 2.43. The standard InChI is InChI=1S/C20H21ClN4S/c1-24-19(8-9-22-24)13-10-14-6-7-15(11-13)25(14)20-23-18(12-26-20)16-4-2-3-5-17(16)21/h2-5,8-9,12-15H,6-7,10-11H2,1H3. The van der Waals surface area contributed by atoms with Gasteiger partial charge in [-0.3, -0.25) is 4.68 Å². The number of hydrogen-bond acceptors (Lipinski definition) is 4. The molecule has 0 N–H and O–H groups in total. The smallest absolute Gasteiger partial charge is 0.186 e. The zero-order valence-electron chi connectivity index (χ0n) is 14.7. The van der Waals surface area contributed by atoms with Gasteiger partial charge in [-0.1, -0.05) is 29.8 Å². The topological polar surface area (TPSA) is 34.0 Å². The van der Waals surface area contributed by atoms with Gasteiger partial charge in [0.15, 0.2) is 5.13 Å². The van der Waals surface area contributed by atoms with Crippen molar-refractivity contribution in [3.05, 3.63) is 52.6 Å². The van der Waals surface area contributed by atoms with Gasteiger partial charge in [-0.15, -0.1) is 11.3 Å². The quantitative estimate of drug-likeness (QED) is 0.629. The normalized spacial score (nSPS) is 25.0. The molecule has 2 aromatic heterocycles. The van der Waals surface area contributed by atoms with Crippen LogP contribution >= 0.6 is 22.9 Å². The molecule has 0 spiro atoms. The summed E-state index contributed by atoms with van der Waals surface area (Å²) >= 11 is 8.10. The monoisotopic (exact) mass is 384 g/mol. The van der Waals surface area contributed by atoms with E-state index in [4.69, 9.17) is 16.6 Å². The van der Waals surface area contributed by atoms with E-state index in [0.29, 0.717) is 18.0 Å². The van der Waals surface area contributed by atoms with Crippen LogP contribution in [0.5, 0.6) is 0 Å². The van der Waals surface area contributed by atoms with Gasteiger partial charge in [0.25, 0.3) is 0 Å². The Morgan fingerprint density at radius 1 is 1.12 bits per heavy atom. The maximum absolute atomic E-state index is 6.36. The number of thiazole rings is 1. The van der Waals surface area contributed by atoms with Crippen LogP contribution in [0.2, 0.25) is 5.02 Å². The number of aromatic nitrogens is 3. The first kappa shape index (κ1) is 16.3. The van der Waals surface area contributed by atoms with Crippen LogP contribution in [0.4, 0.5) is 5.13 Å². The van der Waals surface area contributed by atoms with Crippen LogP contribution in [0.25, 0.3) is 11.3 Å². The largest absolute Gasteiger partial charge is 0.342 e. The Hall–Kier alpha value is -1.85. The molecule has 0 amide bonds. The van der Waals surface area contributed by atoms with Crippen LogP contribution in [-0.4, -0.2) is 26.8 Å². The lowest BCUT2D eigenvalue weighted by Gasteiger charge is -2.38. The fourth-order valence-corrected chi connectivity index (χ4v) is 5.89. The molecule has 1 aromatic carbocycles. The molecule has 0 aliphatic carbocycles. The summed E-state index contributed by atoms with van der Waals surface area (Å²) in [6.45, 7) is 0. The number of benzene rings is 1. The lowest BCUT2D eigenvalue weighted by atomic mass is 9.88. The minimum Gasteiger partial charge on any atom is -0.342 e. The van der Waals surface area contributed by atoms with E-state index in [1.165, 1.54) is 31.4 Å².